The predicted molar refractivity (Wildman–Crippen MR) is 233 cm³/mol. The zero-order valence-electron chi connectivity index (χ0n) is 36.9. The number of benzene rings is 2. The lowest BCUT2D eigenvalue weighted by molar-refractivity contribution is -0.171. The highest BCUT2D eigenvalue weighted by Gasteiger charge is 2.37. The molecule has 0 heterocycles. The SMILES string of the molecule is CCCCCCCCCCCCNC(=O)COc1ccc(C=CC(=O)C(F)(F)F)cc1.CCCCCCCCCCCCNC(=O)COc1ccc(CCC(=O)C(F)(F)F)cc1. The molecule has 2 amide bonds. The van der Waals surface area contributed by atoms with Crippen molar-refractivity contribution < 1.29 is 55.0 Å². The van der Waals surface area contributed by atoms with Crippen LogP contribution in [0.4, 0.5) is 26.3 Å². The molecule has 0 radical (unpaired) electrons. The van der Waals surface area contributed by atoms with Crippen LogP contribution < -0.4 is 20.1 Å². The molecule has 2 N–H and O–H groups in total. The number of amides is 2. The molecule has 0 spiro atoms. The minimum Gasteiger partial charge on any atom is -0.484 e. The maximum Gasteiger partial charge on any atom is 0.454 e. The van der Waals surface area contributed by atoms with Gasteiger partial charge in [0.1, 0.15) is 11.5 Å². The first kappa shape index (κ1) is 55.7. The fourth-order valence-corrected chi connectivity index (χ4v) is 6.17. The first-order valence-corrected chi connectivity index (χ1v) is 22.5. The van der Waals surface area contributed by atoms with Crippen LogP contribution in [0.5, 0.6) is 11.5 Å². The van der Waals surface area contributed by atoms with Crippen molar-refractivity contribution >= 4 is 29.5 Å². The van der Waals surface area contributed by atoms with Gasteiger partial charge in [-0.2, -0.15) is 26.3 Å². The van der Waals surface area contributed by atoms with Crippen LogP contribution in [-0.2, 0) is 25.6 Å². The predicted octanol–water partition coefficient (Wildman–Crippen LogP) is 12.4. The maximum absolute atomic E-state index is 12.2. The largest absolute Gasteiger partial charge is 0.484 e. The lowest BCUT2D eigenvalue weighted by Crippen LogP contribution is -2.29. The van der Waals surface area contributed by atoms with E-state index in [9.17, 15) is 45.5 Å². The molecule has 0 fully saturated rings. The van der Waals surface area contributed by atoms with Crippen LogP contribution in [0.15, 0.2) is 54.6 Å². The smallest absolute Gasteiger partial charge is 0.454 e. The number of aryl methyl sites for hydroxylation is 1. The summed E-state index contributed by atoms with van der Waals surface area (Å²) in [6.07, 6.45) is 16.1. The van der Waals surface area contributed by atoms with Gasteiger partial charge in [0.2, 0.25) is 5.78 Å². The Labute approximate surface area is 365 Å². The van der Waals surface area contributed by atoms with Crippen LogP contribution in [-0.4, -0.2) is 62.0 Å². The molecule has 0 bridgehead atoms. The highest BCUT2D eigenvalue weighted by molar-refractivity contribution is 5.97. The van der Waals surface area contributed by atoms with Crippen molar-refractivity contribution in [1.29, 1.82) is 0 Å². The monoisotopic (exact) mass is 885 g/mol. The third-order valence-corrected chi connectivity index (χ3v) is 9.91. The molecule has 2 aromatic carbocycles. The molecule has 2 rings (SSSR count). The molecule has 350 valence electrons. The highest BCUT2D eigenvalue weighted by Crippen LogP contribution is 2.21. The number of carbonyl (C=O) groups is 4. The second-order valence-electron chi connectivity index (χ2n) is 15.5. The van der Waals surface area contributed by atoms with Crippen LogP contribution >= 0.6 is 0 Å². The van der Waals surface area contributed by atoms with Crippen molar-refractivity contribution in [2.24, 2.45) is 0 Å². The number of allylic oxidation sites excluding steroid dienone is 1. The molecule has 62 heavy (non-hydrogen) atoms. The molecule has 0 aliphatic carbocycles. The molecule has 0 unspecified atom stereocenters. The van der Waals surface area contributed by atoms with Gasteiger partial charge in [0.25, 0.3) is 17.6 Å². The lowest BCUT2D eigenvalue weighted by Gasteiger charge is -2.09. The number of hydrogen-bond donors (Lipinski definition) is 2. The topological polar surface area (TPSA) is 111 Å². The normalized spacial score (nSPS) is 11.5. The fourth-order valence-electron chi connectivity index (χ4n) is 6.17. The quantitative estimate of drug-likeness (QED) is 0.0420. The summed E-state index contributed by atoms with van der Waals surface area (Å²) in [7, 11) is 0. The average molecular weight is 885 g/mol. The number of ether oxygens (including phenoxy) is 2. The molecule has 0 saturated heterocycles. The summed E-state index contributed by atoms with van der Waals surface area (Å²) in [5.74, 6) is -3.17. The van der Waals surface area contributed by atoms with Gasteiger partial charge in [-0.1, -0.05) is 160 Å². The van der Waals surface area contributed by atoms with Crippen molar-refractivity contribution in [3.63, 3.8) is 0 Å². The van der Waals surface area contributed by atoms with Crippen LogP contribution in [0, 0.1) is 0 Å². The second-order valence-corrected chi connectivity index (χ2v) is 15.5. The van der Waals surface area contributed by atoms with Crippen LogP contribution in [0.1, 0.15) is 160 Å². The van der Waals surface area contributed by atoms with Crippen LogP contribution in [0.2, 0.25) is 0 Å². The molecular formula is C48H70F6N2O6. The first-order chi connectivity index (χ1) is 29.6. The van der Waals surface area contributed by atoms with E-state index in [0.717, 1.165) is 31.8 Å². The van der Waals surface area contributed by atoms with E-state index >= 15 is 0 Å². The zero-order valence-corrected chi connectivity index (χ0v) is 36.9. The van der Waals surface area contributed by atoms with Crippen molar-refractivity contribution in [2.45, 2.75) is 167 Å². The minimum atomic E-state index is -4.87. The number of hydrogen-bond acceptors (Lipinski definition) is 6. The van der Waals surface area contributed by atoms with E-state index in [1.165, 1.54) is 127 Å². The minimum absolute atomic E-state index is 0.0119. The summed E-state index contributed by atoms with van der Waals surface area (Å²) in [5, 5.41) is 5.65. The highest BCUT2D eigenvalue weighted by atomic mass is 19.4. The Bertz CT molecular complexity index is 1530. The van der Waals surface area contributed by atoms with E-state index in [1.807, 2.05) is 0 Å². The molecule has 14 heteroatoms. The third-order valence-electron chi connectivity index (χ3n) is 9.91. The number of ketones is 2. The van der Waals surface area contributed by atoms with Gasteiger partial charge in [-0.3, -0.25) is 19.2 Å². The second kappa shape index (κ2) is 34.2. The standard InChI is InChI=1S/C24H36F3NO3.C24H34F3NO3/c2*1-2-3-4-5-6-7-8-9-10-11-18-28-23(30)19-31-21-15-12-20(13-16-21)14-17-22(29)24(25,26)27/h12-13,15-16H,2-11,14,17-19H2,1H3,(H,28,30);12-17H,2-11,18-19H2,1H3,(H,28,30). The van der Waals surface area contributed by atoms with Gasteiger partial charge >= 0.3 is 12.4 Å². The molecule has 0 aliphatic heterocycles. The first-order valence-electron chi connectivity index (χ1n) is 22.5. The van der Waals surface area contributed by atoms with E-state index in [4.69, 9.17) is 9.47 Å². The molecule has 0 aromatic heterocycles. The van der Waals surface area contributed by atoms with E-state index < -0.39 is 30.3 Å². The van der Waals surface area contributed by atoms with Crippen LogP contribution in [0.3, 0.4) is 0 Å². The van der Waals surface area contributed by atoms with Gasteiger partial charge in [-0.15, -0.1) is 0 Å². The summed E-state index contributed by atoms with van der Waals surface area (Å²) in [6.45, 7) is 5.46. The molecule has 0 aliphatic rings. The molecule has 0 saturated carbocycles. The van der Waals surface area contributed by atoms with E-state index in [2.05, 4.69) is 24.5 Å². The van der Waals surface area contributed by atoms with Gasteiger partial charge in [-0.05, 0) is 60.7 Å². The van der Waals surface area contributed by atoms with E-state index in [0.29, 0.717) is 41.8 Å². The summed E-state index contributed by atoms with van der Waals surface area (Å²) in [6, 6.07) is 12.5. The molecular weight excluding hydrogens is 815 g/mol. The number of halogens is 6. The Balaban J connectivity index is 0.000000620. The number of alkyl halides is 6. The molecule has 2 aromatic rings. The van der Waals surface area contributed by atoms with Gasteiger partial charge in [0.05, 0.1) is 0 Å². The summed E-state index contributed by atoms with van der Waals surface area (Å²) < 4.78 is 83.9. The van der Waals surface area contributed by atoms with Crippen LogP contribution in [0.25, 0.3) is 6.08 Å². The van der Waals surface area contributed by atoms with Crippen molar-refractivity contribution in [3.8, 4) is 11.5 Å². The van der Waals surface area contributed by atoms with Crippen molar-refractivity contribution in [2.75, 3.05) is 26.3 Å². The number of rotatable bonds is 33. The van der Waals surface area contributed by atoms with Gasteiger partial charge in [-0.25, -0.2) is 0 Å². The van der Waals surface area contributed by atoms with Gasteiger partial charge in [0.15, 0.2) is 13.2 Å². The summed E-state index contributed by atoms with van der Waals surface area (Å²) in [5.41, 5.74) is 1.03. The third kappa shape index (κ3) is 30.6. The average Bonchev–Trinajstić information content (AvgIpc) is 3.24. The number of Topliss-reactive ketones (excluding diaryl/α,β-unsaturated/α-hetero) is 1. The van der Waals surface area contributed by atoms with Gasteiger partial charge in [0, 0.05) is 19.5 Å². The molecule has 0 atom stereocenters. The lowest BCUT2D eigenvalue weighted by atomic mass is 10.1. The Morgan fingerprint density at radius 1 is 0.516 bits per heavy atom. The summed E-state index contributed by atoms with van der Waals surface area (Å²) >= 11 is 0. The van der Waals surface area contributed by atoms with Gasteiger partial charge < -0.3 is 20.1 Å². The number of nitrogens with one attached hydrogen (secondary N) is 2. The van der Waals surface area contributed by atoms with E-state index in [1.54, 1.807) is 24.3 Å². The van der Waals surface area contributed by atoms with E-state index in [-0.39, 0.29) is 31.4 Å². The zero-order chi connectivity index (χ0) is 45.9. The fraction of sp³-hybridized carbons (Fsp3) is 0.625. The maximum atomic E-state index is 12.2. The Kier molecular flexibility index (Phi) is 30.7. The van der Waals surface area contributed by atoms with Crippen molar-refractivity contribution in [3.05, 3.63) is 65.7 Å². The number of unbranched alkanes of at least 4 members (excludes halogenated alkanes) is 18. The Hall–Kier alpha value is -4.36. The van der Waals surface area contributed by atoms with Crippen molar-refractivity contribution in [1.82, 2.24) is 10.6 Å². The molecule has 8 nitrogen and oxygen atoms in total. The Morgan fingerprint density at radius 3 is 1.26 bits per heavy atom. The number of carbonyl (C=O) groups excluding carboxylic acids is 4. The Morgan fingerprint density at radius 2 is 0.887 bits per heavy atom. The summed E-state index contributed by atoms with van der Waals surface area (Å²) in [4.78, 5) is 45.4.